The van der Waals surface area contributed by atoms with E-state index in [0.29, 0.717) is 16.5 Å². The maximum atomic E-state index is 14.2. The van der Waals surface area contributed by atoms with Gasteiger partial charge in [0.25, 0.3) is 0 Å². The number of aryl methyl sites for hydroxylation is 1. The van der Waals surface area contributed by atoms with Crippen LogP contribution < -0.4 is 5.32 Å². The molecule has 3 aromatic rings. The van der Waals surface area contributed by atoms with Crippen molar-refractivity contribution in [3.05, 3.63) is 64.7 Å². The summed E-state index contributed by atoms with van der Waals surface area (Å²) in [4.78, 5) is 13.1. The van der Waals surface area contributed by atoms with Crippen molar-refractivity contribution in [1.82, 2.24) is 20.2 Å². The molecule has 1 aromatic heterocycles. The summed E-state index contributed by atoms with van der Waals surface area (Å²) in [7, 11) is 0. The van der Waals surface area contributed by atoms with Crippen molar-refractivity contribution in [2.75, 3.05) is 5.32 Å². The molecule has 27 heavy (non-hydrogen) atoms. The Morgan fingerprint density at radius 3 is 2.56 bits per heavy atom. The van der Waals surface area contributed by atoms with Gasteiger partial charge in [-0.15, -0.1) is 5.10 Å². The van der Waals surface area contributed by atoms with E-state index in [0.717, 1.165) is 24.8 Å². The number of rotatable bonds is 4. The molecule has 0 radical (unpaired) electrons. The fraction of sp³-hybridized carbons (Fsp3) is 0.263. The molecule has 1 heterocycles. The lowest BCUT2D eigenvalue weighted by atomic mass is 9.64. The number of nitrogens with zero attached hydrogens (tertiary/aromatic N) is 4. The predicted molar refractivity (Wildman–Crippen MR) is 99.5 cm³/mol. The quantitative estimate of drug-likeness (QED) is 0.740. The standard InChI is InChI=1S/C19H17ClFN5O/c1-12-23-24-25-26(12)17-11-15(7-8-16(17)21)22-18(27)19(9-2-10-19)13-3-5-14(20)6-4-13/h3-8,11H,2,9-10H2,1H3,(H,22,27). The van der Waals surface area contributed by atoms with Gasteiger partial charge >= 0.3 is 0 Å². The van der Waals surface area contributed by atoms with Crippen LogP contribution in [0.25, 0.3) is 5.69 Å². The lowest BCUT2D eigenvalue weighted by molar-refractivity contribution is -0.124. The molecule has 4 rings (SSSR count). The van der Waals surface area contributed by atoms with Crippen LogP contribution >= 0.6 is 11.6 Å². The molecule has 0 atom stereocenters. The maximum absolute atomic E-state index is 14.2. The molecule has 138 valence electrons. The molecule has 1 saturated carbocycles. The second-order valence-corrected chi connectivity index (χ2v) is 7.14. The summed E-state index contributed by atoms with van der Waals surface area (Å²) in [5.41, 5.74) is 1.04. The third-order valence-electron chi connectivity index (χ3n) is 5.10. The molecule has 2 aromatic carbocycles. The Morgan fingerprint density at radius 1 is 1.22 bits per heavy atom. The molecule has 0 unspecified atom stereocenters. The second-order valence-electron chi connectivity index (χ2n) is 6.70. The molecule has 6 nitrogen and oxygen atoms in total. The van der Waals surface area contributed by atoms with Crippen molar-refractivity contribution in [3.63, 3.8) is 0 Å². The van der Waals surface area contributed by atoms with Crippen LogP contribution in [0, 0.1) is 12.7 Å². The summed E-state index contributed by atoms with van der Waals surface area (Å²) in [6, 6.07) is 11.7. The predicted octanol–water partition coefficient (Wildman–Crippen LogP) is 3.82. The Hall–Kier alpha value is -2.80. The van der Waals surface area contributed by atoms with Crippen LogP contribution in [0.4, 0.5) is 10.1 Å². The number of nitrogens with one attached hydrogen (secondary N) is 1. The van der Waals surface area contributed by atoms with Gasteiger partial charge in [0.05, 0.1) is 5.41 Å². The number of carbonyl (C=O) groups excluding carboxylic acids is 1. The fourth-order valence-corrected chi connectivity index (χ4v) is 3.53. The zero-order chi connectivity index (χ0) is 19.0. The zero-order valence-electron chi connectivity index (χ0n) is 14.6. The molecule has 1 aliphatic rings. The summed E-state index contributed by atoms with van der Waals surface area (Å²) < 4.78 is 15.5. The summed E-state index contributed by atoms with van der Waals surface area (Å²) in [6.07, 6.45) is 2.51. The minimum Gasteiger partial charge on any atom is -0.325 e. The first-order chi connectivity index (χ1) is 13.0. The minimum absolute atomic E-state index is 0.109. The first-order valence-electron chi connectivity index (χ1n) is 8.62. The highest BCUT2D eigenvalue weighted by Gasteiger charge is 2.45. The number of hydrogen-bond donors (Lipinski definition) is 1. The average molecular weight is 386 g/mol. The largest absolute Gasteiger partial charge is 0.325 e. The second kappa shape index (κ2) is 6.74. The van der Waals surface area contributed by atoms with Gasteiger partial charge in [0.2, 0.25) is 5.91 Å². The number of anilines is 1. The Bertz CT molecular complexity index is 998. The maximum Gasteiger partial charge on any atom is 0.235 e. The average Bonchev–Trinajstić information content (AvgIpc) is 3.03. The molecule has 0 spiro atoms. The van der Waals surface area contributed by atoms with Gasteiger partial charge in [-0.1, -0.05) is 30.2 Å². The van der Waals surface area contributed by atoms with Gasteiger partial charge in [-0.3, -0.25) is 4.79 Å². The van der Waals surface area contributed by atoms with Gasteiger partial charge in [-0.2, -0.15) is 4.68 Å². The van der Waals surface area contributed by atoms with Crippen LogP contribution in [0.1, 0.15) is 30.7 Å². The topological polar surface area (TPSA) is 72.7 Å². The van der Waals surface area contributed by atoms with E-state index in [-0.39, 0.29) is 11.6 Å². The van der Waals surface area contributed by atoms with Crippen LogP contribution in [0.2, 0.25) is 5.02 Å². The molecular weight excluding hydrogens is 369 g/mol. The van der Waals surface area contributed by atoms with Gasteiger partial charge in [-0.25, -0.2) is 4.39 Å². The molecule has 8 heteroatoms. The fourth-order valence-electron chi connectivity index (χ4n) is 3.40. The molecule has 0 saturated heterocycles. The third kappa shape index (κ3) is 3.08. The monoisotopic (exact) mass is 385 g/mol. The van der Waals surface area contributed by atoms with Crippen molar-refractivity contribution in [2.24, 2.45) is 0 Å². The third-order valence-corrected chi connectivity index (χ3v) is 5.35. The van der Waals surface area contributed by atoms with E-state index >= 15 is 0 Å². The number of aromatic nitrogens is 4. The van der Waals surface area contributed by atoms with Crippen molar-refractivity contribution in [2.45, 2.75) is 31.6 Å². The van der Waals surface area contributed by atoms with Crippen LogP contribution in [0.15, 0.2) is 42.5 Å². The number of tetrazole rings is 1. The normalized spacial score (nSPS) is 15.2. The Labute approximate surface area is 160 Å². The van der Waals surface area contributed by atoms with Crippen LogP contribution in [-0.2, 0) is 10.2 Å². The van der Waals surface area contributed by atoms with Crippen LogP contribution in [0.3, 0.4) is 0 Å². The lowest BCUT2D eigenvalue weighted by Gasteiger charge is -2.40. The highest BCUT2D eigenvalue weighted by molar-refractivity contribution is 6.30. The lowest BCUT2D eigenvalue weighted by Crippen LogP contribution is -2.46. The van der Waals surface area contributed by atoms with E-state index in [1.807, 2.05) is 12.1 Å². The molecule has 1 amide bonds. The molecule has 1 N–H and O–H groups in total. The van der Waals surface area contributed by atoms with E-state index in [1.165, 1.54) is 22.9 Å². The van der Waals surface area contributed by atoms with Crippen molar-refractivity contribution >= 4 is 23.2 Å². The van der Waals surface area contributed by atoms with Crippen molar-refractivity contribution < 1.29 is 9.18 Å². The number of carbonyl (C=O) groups is 1. The van der Waals surface area contributed by atoms with Gasteiger partial charge in [0, 0.05) is 10.7 Å². The number of amides is 1. The smallest absolute Gasteiger partial charge is 0.235 e. The first-order valence-corrected chi connectivity index (χ1v) is 9.00. The summed E-state index contributed by atoms with van der Waals surface area (Å²) in [6.45, 7) is 1.68. The van der Waals surface area contributed by atoms with Gasteiger partial charge in [-0.05, 0) is 66.1 Å². The van der Waals surface area contributed by atoms with Crippen molar-refractivity contribution in [1.29, 1.82) is 0 Å². The minimum atomic E-state index is -0.579. The van der Waals surface area contributed by atoms with Gasteiger partial charge in [0.15, 0.2) is 5.82 Å². The van der Waals surface area contributed by atoms with Gasteiger partial charge in [0.1, 0.15) is 11.5 Å². The van der Waals surface area contributed by atoms with E-state index in [1.54, 1.807) is 19.1 Å². The Balaban J connectivity index is 1.63. The summed E-state index contributed by atoms with van der Waals surface area (Å²) in [5.74, 6) is -0.129. The van der Waals surface area contributed by atoms with E-state index in [2.05, 4.69) is 20.8 Å². The molecule has 0 aliphatic heterocycles. The van der Waals surface area contributed by atoms with E-state index in [4.69, 9.17) is 11.6 Å². The Morgan fingerprint density at radius 2 is 1.96 bits per heavy atom. The molecule has 1 fully saturated rings. The van der Waals surface area contributed by atoms with Crippen molar-refractivity contribution in [3.8, 4) is 5.69 Å². The molecule has 0 bridgehead atoms. The number of halogens is 2. The highest BCUT2D eigenvalue weighted by Crippen LogP contribution is 2.45. The molecule has 1 aliphatic carbocycles. The highest BCUT2D eigenvalue weighted by atomic mass is 35.5. The number of benzene rings is 2. The van der Waals surface area contributed by atoms with Gasteiger partial charge < -0.3 is 5.32 Å². The summed E-state index contributed by atoms with van der Waals surface area (Å²) in [5, 5.41) is 14.7. The SMILES string of the molecule is Cc1nnnn1-c1cc(NC(=O)C2(c3ccc(Cl)cc3)CCC2)ccc1F. The van der Waals surface area contributed by atoms with Crippen LogP contribution in [-0.4, -0.2) is 26.1 Å². The van der Waals surface area contributed by atoms with Crippen LogP contribution in [0.5, 0.6) is 0 Å². The summed E-state index contributed by atoms with van der Waals surface area (Å²) >= 11 is 5.97. The van der Waals surface area contributed by atoms with E-state index in [9.17, 15) is 9.18 Å². The van der Waals surface area contributed by atoms with E-state index < -0.39 is 11.2 Å². The Kier molecular flexibility index (Phi) is 4.39. The zero-order valence-corrected chi connectivity index (χ0v) is 15.4. The first kappa shape index (κ1) is 17.6. The molecular formula is C19H17ClFN5O. The number of hydrogen-bond acceptors (Lipinski definition) is 4.